The average Bonchev–Trinajstić information content (AvgIpc) is 2.55. The van der Waals surface area contributed by atoms with Crippen molar-refractivity contribution < 1.29 is 29.2 Å². The molecule has 2 aliphatic heterocycles. The Labute approximate surface area is 94.1 Å². The van der Waals surface area contributed by atoms with Crippen molar-refractivity contribution in [3.8, 4) is 0 Å². The van der Waals surface area contributed by atoms with E-state index in [1.54, 1.807) is 13.8 Å². The first-order valence-corrected chi connectivity index (χ1v) is 5.31. The minimum Gasteiger partial charge on any atom is -0.394 e. The molecule has 5 atom stereocenters. The molecular weight excluding hydrogens is 216 g/mol. The van der Waals surface area contributed by atoms with Gasteiger partial charge in [0.2, 0.25) is 0 Å². The highest BCUT2D eigenvalue weighted by atomic mass is 16.8. The molecule has 0 radical (unpaired) electrons. The Morgan fingerprint density at radius 3 is 2.44 bits per heavy atom. The van der Waals surface area contributed by atoms with Crippen molar-refractivity contribution >= 4 is 0 Å². The van der Waals surface area contributed by atoms with Crippen LogP contribution >= 0.6 is 0 Å². The highest BCUT2D eigenvalue weighted by Crippen LogP contribution is 2.37. The number of fused-ring (bicyclic) bond motifs is 1. The average molecular weight is 234 g/mol. The number of hydrogen-bond acceptors (Lipinski definition) is 6. The molecule has 16 heavy (non-hydrogen) atoms. The summed E-state index contributed by atoms with van der Waals surface area (Å²) in [6, 6.07) is 0. The highest BCUT2D eigenvalue weighted by molar-refractivity contribution is 4.96. The zero-order valence-corrected chi connectivity index (χ0v) is 9.62. The fraction of sp³-hybridized carbons (Fsp3) is 1.00. The summed E-state index contributed by atoms with van der Waals surface area (Å²) in [7, 11) is 1.43. The van der Waals surface area contributed by atoms with Crippen LogP contribution in [0.3, 0.4) is 0 Å². The standard InChI is InChI=1S/C10H18O6/c1-10(2)15-7-5(4-11)14-9(13-3)6(12)8(7)16-10/h5-9,11-12H,4H2,1-3H3/t5-,6-,7+,8-,9+/m1/s1. The molecule has 0 unspecified atom stereocenters. The lowest BCUT2D eigenvalue weighted by Gasteiger charge is -2.38. The third kappa shape index (κ3) is 1.97. The SMILES string of the molecule is CO[C@H]1O[C@H](CO)[C@@H]2OC(C)(C)O[C@@H]2[C@H]1O. The summed E-state index contributed by atoms with van der Waals surface area (Å²) < 4.78 is 21.6. The van der Waals surface area contributed by atoms with E-state index in [2.05, 4.69) is 0 Å². The Morgan fingerprint density at radius 1 is 1.25 bits per heavy atom. The second-order valence-electron chi connectivity index (χ2n) is 4.52. The maximum absolute atomic E-state index is 9.95. The molecule has 0 aromatic carbocycles. The van der Waals surface area contributed by atoms with Gasteiger partial charge in [0.05, 0.1) is 6.61 Å². The second-order valence-corrected chi connectivity index (χ2v) is 4.52. The Hall–Kier alpha value is -0.240. The highest BCUT2D eigenvalue weighted by Gasteiger charge is 2.54. The van der Waals surface area contributed by atoms with E-state index in [4.69, 9.17) is 18.9 Å². The van der Waals surface area contributed by atoms with Crippen LogP contribution in [0, 0.1) is 0 Å². The predicted octanol–water partition coefficient (Wildman–Crippen LogP) is -0.769. The van der Waals surface area contributed by atoms with E-state index in [0.29, 0.717) is 0 Å². The third-order valence-electron chi connectivity index (χ3n) is 2.87. The molecule has 6 nitrogen and oxygen atoms in total. The van der Waals surface area contributed by atoms with Crippen molar-refractivity contribution in [3.05, 3.63) is 0 Å². The summed E-state index contributed by atoms with van der Waals surface area (Å²) in [6.07, 6.45) is -3.26. The molecular formula is C10H18O6. The van der Waals surface area contributed by atoms with Crippen LogP contribution in [0.15, 0.2) is 0 Å². The van der Waals surface area contributed by atoms with E-state index in [0.717, 1.165) is 0 Å². The van der Waals surface area contributed by atoms with Crippen molar-refractivity contribution in [2.45, 2.75) is 50.3 Å². The lowest BCUT2D eigenvalue weighted by Crippen LogP contribution is -2.57. The summed E-state index contributed by atoms with van der Waals surface area (Å²) in [5.41, 5.74) is 0. The van der Waals surface area contributed by atoms with Crippen LogP contribution in [-0.2, 0) is 18.9 Å². The fourth-order valence-corrected chi connectivity index (χ4v) is 2.20. The van der Waals surface area contributed by atoms with E-state index < -0.39 is 36.5 Å². The summed E-state index contributed by atoms with van der Waals surface area (Å²) in [5, 5.41) is 19.2. The van der Waals surface area contributed by atoms with Gasteiger partial charge >= 0.3 is 0 Å². The fourth-order valence-electron chi connectivity index (χ4n) is 2.20. The minimum absolute atomic E-state index is 0.201. The minimum atomic E-state index is -0.917. The monoisotopic (exact) mass is 234 g/mol. The van der Waals surface area contributed by atoms with Gasteiger partial charge in [-0.25, -0.2) is 0 Å². The van der Waals surface area contributed by atoms with E-state index in [1.165, 1.54) is 7.11 Å². The van der Waals surface area contributed by atoms with Crippen LogP contribution in [-0.4, -0.2) is 60.4 Å². The maximum Gasteiger partial charge on any atom is 0.186 e. The van der Waals surface area contributed by atoms with Gasteiger partial charge in [0.1, 0.15) is 24.4 Å². The number of ether oxygens (including phenoxy) is 4. The van der Waals surface area contributed by atoms with E-state index >= 15 is 0 Å². The number of aliphatic hydroxyl groups excluding tert-OH is 2. The van der Waals surface area contributed by atoms with Crippen LogP contribution in [0.4, 0.5) is 0 Å². The molecule has 2 aliphatic rings. The van der Waals surface area contributed by atoms with Crippen molar-refractivity contribution in [2.24, 2.45) is 0 Å². The van der Waals surface area contributed by atoms with E-state index in [1.807, 2.05) is 0 Å². The Bertz CT molecular complexity index is 256. The van der Waals surface area contributed by atoms with Crippen LogP contribution in [0.2, 0.25) is 0 Å². The molecule has 0 amide bonds. The van der Waals surface area contributed by atoms with Crippen molar-refractivity contribution in [2.75, 3.05) is 13.7 Å². The molecule has 2 rings (SSSR count). The first-order chi connectivity index (χ1) is 7.48. The molecule has 2 fully saturated rings. The Morgan fingerprint density at radius 2 is 1.88 bits per heavy atom. The van der Waals surface area contributed by atoms with Gasteiger partial charge in [-0.15, -0.1) is 0 Å². The molecule has 2 N–H and O–H groups in total. The topological polar surface area (TPSA) is 77.4 Å². The zero-order valence-electron chi connectivity index (χ0n) is 9.62. The molecule has 6 heteroatoms. The van der Waals surface area contributed by atoms with E-state index in [-0.39, 0.29) is 6.61 Å². The van der Waals surface area contributed by atoms with E-state index in [9.17, 15) is 10.2 Å². The van der Waals surface area contributed by atoms with Gasteiger partial charge in [0.25, 0.3) is 0 Å². The smallest absolute Gasteiger partial charge is 0.186 e. The molecule has 0 aromatic rings. The van der Waals surface area contributed by atoms with Gasteiger partial charge in [0.15, 0.2) is 12.1 Å². The summed E-state index contributed by atoms with van der Waals surface area (Å²) in [6.45, 7) is 3.32. The summed E-state index contributed by atoms with van der Waals surface area (Å²) >= 11 is 0. The largest absolute Gasteiger partial charge is 0.394 e. The number of aliphatic hydroxyl groups is 2. The van der Waals surface area contributed by atoms with Gasteiger partial charge in [-0.1, -0.05) is 0 Å². The van der Waals surface area contributed by atoms with Crippen molar-refractivity contribution in [1.82, 2.24) is 0 Å². The molecule has 0 aliphatic carbocycles. The van der Waals surface area contributed by atoms with Crippen LogP contribution < -0.4 is 0 Å². The van der Waals surface area contributed by atoms with Gasteiger partial charge in [-0.3, -0.25) is 0 Å². The Kier molecular flexibility index (Phi) is 3.22. The number of methoxy groups -OCH3 is 1. The van der Waals surface area contributed by atoms with Crippen LogP contribution in [0.25, 0.3) is 0 Å². The van der Waals surface area contributed by atoms with Crippen molar-refractivity contribution in [3.63, 3.8) is 0 Å². The lowest BCUT2D eigenvalue weighted by atomic mass is 9.99. The molecule has 2 heterocycles. The molecule has 94 valence electrons. The molecule has 0 spiro atoms. The molecule has 0 aromatic heterocycles. The molecule has 2 saturated heterocycles. The van der Waals surface area contributed by atoms with Gasteiger partial charge in [-0.2, -0.15) is 0 Å². The lowest BCUT2D eigenvalue weighted by molar-refractivity contribution is -0.274. The molecule has 0 bridgehead atoms. The summed E-state index contributed by atoms with van der Waals surface area (Å²) in [4.78, 5) is 0. The van der Waals surface area contributed by atoms with Gasteiger partial charge in [-0.05, 0) is 13.8 Å². The number of hydrogen-bond donors (Lipinski definition) is 2. The normalized spacial score (nSPS) is 46.7. The zero-order chi connectivity index (χ0) is 11.9. The summed E-state index contributed by atoms with van der Waals surface area (Å²) in [5.74, 6) is -0.782. The second kappa shape index (κ2) is 4.21. The van der Waals surface area contributed by atoms with Crippen LogP contribution in [0.1, 0.15) is 13.8 Å². The predicted molar refractivity (Wildman–Crippen MR) is 52.6 cm³/mol. The van der Waals surface area contributed by atoms with Gasteiger partial charge < -0.3 is 29.2 Å². The quantitative estimate of drug-likeness (QED) is 0.653. The van der Waals surface area contributed by atoms with Crippen molar-refractivity contribution in [1.29, 1.82) is 0 Å². The van der Waals surface area contributed by atoms with Gasteiger partial charge in [0, 0.05) is 7.11 Å². The number of rotatable bonds is 2. The van der Waals surface area contributed by atoms with Crippen LogP contribution in [0.5, 0.6) is 0 Å². The Balaban J connectivity index is 2.18. The first-order valence-electron chi connectivity index (χ1n) is 5.31. The molecule has 0 saturated carbocycles. The first kappa shape index (κ1) is 12.2. The third-order valence-corrected chi connectivity index (χ3v) is 2.87. The maximum atomic E-state index is 9.95.